The van der Waals surface area contributed by atoms with Crippen molar-refractivity contribution in [2.45, 2.75) is 32.1 Å². The van der Waals surface area contributed by atoms with E-state index < -0.39 is 0 Å². The Labute approximate surface area is 114 Å². The molecule has 0 saturated heterocycles. The van der Waals surface area contributed by atoms with E-state index in [4.69, 9.17) is 10.3 Å². The van der Waals surface area contributed by atoms with E-state index in [1.165, 1.54) is 31.2 Å². The van der Waals surface area contributed by atoms with Gasteiger partial charge in [-0.15, -0.1) is 0 Å². The molecule has 4 heteroatoms. The summed E-state index contributed by atoms with van der Waals surface area (Å²) >= 11 is 0. The first-order valence-corrected chi connectivity index (χ1v) is 6.95. The van der Waals surface area contributed by atoms with Crippen molar-refractivity contribution in [3.05, 3.63) is 40.3 Å². The summed E-state index contributed by atoms with van der Waals surface area (Å²) in [5.41, 5.74) is 9.72. The van der Waals surface area contributed by atoms with Crippen LogP contribution in [-0.2, 0) is 6.42 Å². The fourth-order valence-corrected chi connectivity index (χ4v) is 2.87. The van der Waals surface area contributed by atoms with Gasteiger partial charge in [0.1, 0.15) is 5.75 Å². The van der Waals surface area contributed by atoms with Gasteiger partial charge in [0.05, 0.1) is 7.11 Å². The molecule has 0 bridgehead atoms. The van der Waals surface area contributed by atoms with E-state index in [9.17, 15) is 0 Å². The van der Waals surface area contributed by atoms with Crippen molar-refractivity contribution < 1.29 is 4.74 Å². The maximum absolute atomic E-state index is 8.33. The number of nitrogens with zero attached hydrogens (tertiary/aromatic N) is 3. The highest BCUT2D eigenvalue weighted by Gasteiger charge is 2.20. The predicted molar refractivity (Wildman–Crippen MR) is 76.2 cm³/mol. The van der Waals surface area contributed by atoms with Crippen LogP contribution in [0.4, 0.5) is 0 Å². The van der Waals surface area contributed by atoms with Crippen LogP contribution in [0.15, 0.2) is 29.4 Å². The van der Waals surface area contributed by atoms with Gasteiger partial charge in [0.2, 0.25) is 0 Å². The van der Waals surface area contributed by atoms with E-state index >= 15 is 0 Å². The molecule has 0 spiro atoms. The Bertz CT molecular complexity index is 429. The second kappa shape index (κ2) is 7.05. The Balaban J connectivity index is 1.79. The van der Waals surface area contributed by atoms with Crippen LogP contribution >= 0.6 is 0 Å². The monoisotopic (exact) mass is 259 g/mol. The fraction of sp³-hybridized carbons (Fsp3) is 0.600. The standard InChI is InChI=1S/C15H21N3O/c1-19-15-8-6-13(7-9-15)10-12-2-4-14(5-3-12)11-17-18-16/h6-9,12,14H,2-5,10-11H2,1H3. The van der Waals surface area contributed by atoms with Gasteiger partial charge in [0.25, 0.3) is 0 Å². The lowest BCUT2D eigenvalue weighted by molar-refractivity contribution is 0.278. The zero-order chi connectivity index (χ0) is 13.5. The second-order valence-corrected chi connectivity index (χ2v) is 5.35. The molecule has 1 aliphatic rings. The van der Waals surface area contributed by atoms with Crippen LogP contribution in [-0.4, -0.2) is 13.7 Å². The molecule has 102 valence electrons. The largest absolute Gasteiger partial charge is 0.497 e. The molecule has 1 aromatic carbocycles. The molecule has 0 amide bonds. The number of rotatable bonds is 5. The molecule has 1 aliphatic carbocycles. The summed E-state index contributed by atoms with van der Waals surface area (Å²) in [6, 6.07) is 8.38. The van der Waals surface area contributed by atoms with Gasteiger partial charge in [-0.2, -0.15) is 0 Å². The highest BCUT2D eigenvalue weighted by molar-refractivity contribution is 5.27. The van der Waals surface area contributed by atoms with Crippen molar-refractivity contribution in [1.82, 2.24) is 0 Å². The van der Waals surface area contributed by atoms with Crippen molar-refractivity contribution >= 4 is 0 Å². The topological polar surface area (TPSA) is 58.0 Å². The van der Waals surface area contributed by atoms with Gasteiger partial charge in [-0.05, 0) is 54.3 Å². The van der Waals surface area contributed by atoms with Crippen LogP contribution in [0.1, 0.15) is 31.2 Å². The van der Waals surface area contributed by atoms with Crippen LogP contribution in [0.5, 0.6) is 5.75 Å². The molecular formula is C15H21N3O. The third-order valence-electron chi connectivity index (χ3n) is 4.05. The van der Waals surface area contributed by atoms with Gasteiger partial charge in [-0.25, -0.2) is 0 Å². The summed E-state index contributed by atoms with van der Waals surface area (Å²) < 4.78 is 5.17. The van der Waals surface area contributed by atoms with Gasteiger partial charge >= 0.3 is 0 Å². The number of benzene rings is 1. The Kier molecular flexibility index (Phi) is 5.10. The Morgan fingerprint density at radius 1 is 1.16 bits per heavy atom. The molecule has 0 radical (unpaired) electrons. The zero-order valence-corrected chi connectivity index (χ0v) is 11.5. The highest BCUT2D eigenvalue weighted by atomic mass is 16.5. The molecular weight excluding hydrogens is 238 g/mol. The first-order valence-electron chi connectivity index (χ1n) is 6.95. The Hall–Kier alpha value is -1.67. The van der Waals surface area contributed by atoms with E-state index in [1.54, 1.807) is 7.11 Å². The lowest BCUT2D eigenvalue weighted by Gasteiger charge is -2.27. The van der Waals surface area contributed by atoms with Gasteiger partial charge in [0, 0.05) is 11.5 Å². The van der Waals surface area contributed by atoms with Crippen molar-refractivity contribution in [2.24, 2.45) is 17.0 Å². The number of hydrogen-bond donors (Lipinski definition) is 0. The average Bonchev–Trinajstić information content (AvgIpc) is 2.47. The molecule has 0 N–H and O–H groups in total. The minimum Gasteiger partial charge on any atom is -0.497 e. The molecule has 1 aromatic rings. The first-order chi connectivity index (χ1) is 9.31. The molecule has 0 atom stereocenters. The molecule has 0 unspecified atom stereocenters. The smallest absolute Gasteiger partial charge is 0.118 e. The Morgan fingerprint density at radius 3 is 2.37 bits per heavy atom. The zero-order valence-electron chi connectivity index (χ0n) is 11.5. The number of methoxy groups -OCH3 is 1. The number of hydrogen-bond acceptors (Lipinski definition) is 2. The number of azide groups is 1. The maximum Gasteiger partial charge on any atom is 0.118 e. The van der Waals surface area contributed by atoms with Gasteiger partial charge in [-0.1, -0.05) is 30.1 Å². The fourth-order valence-electron chi connectivity index (χ4n) is 2.87. The minimum absolute atomic E-state index is 0.600. The summed E-state index contributed by atoms with van der Waals surface area (Å²) in [5.74, 6) is 2.29. The van der Waals surface area contributed by atoms with E-state index in [2.05, 4.69) is 22.2 Å². The van der Waals surface area contributed by atoms with E-state index in [-0.39, 0.29) is 0 Å². The molecule has 4 nitrogen and oxygen atoms in total. The summed E-state index contributed by atoms with van der Waals surface area (Å²) in [7, 11) is 1.69. The molecule has 0 aliphatic heterocycles. The molecule has 1 fully saturated rings. The van der Waals surface area contributed by atoms with Crippen molar-refractivity contribution in [1.29, 1.82) is 0 Å². The van der Waals surface area contributed by atoms with Crippen LogP contribution in [0.25, 0.3) is 10.4 Å². The SMILES string of the molecule is COc1ccc(CC2CCC(CN=[N+]=[N-])CC2)cc1. The van der Waals surface area contributed by atoms with E-state index in [0.717, 1.165) is 18.1 Å². The van der Waals surface area contributed by atoms with E-state index in [1.807, 2.05) is 12.1 Å². The molecule has 0 aromatic heterocycles. The summed E-state index contributed by atoms with van der Waals surface area (Å²) in [6.45, 7) is 0.672. The van der Waals surface area contributed by atoms with Crippen LogP contribution in [0.2, 0.25) is 0 Å². The quantitative estimate of drug-likeness (QED) is 0.440. The third-order valence-corrected chi connectivity index (χ3v) is 4.05. The van der Waals surface area contributed by atoms with Gasteiger partial charge in [-0.3, -0.25) is 0 Å². The predicted octanol–water partition coefficient (Wildman–Crippen LogP) is 4.35. The summed E-state index contributed by atoms with van der Waals surface area (Å²) in [6.07, 6.45) is 6.03. The molecule has 0 heterocycles. The number of ether oxygens (including phenoxy) is 1. The molecule has 2 rings (SSSR count). The third kappa shape index (κ3) is 4.18. The van der Waals surface area contributed by atoms with Crippen molar-refractivity contribution in [2.75, 3.05) is 13.7 Å². The highest BCUT2D eigenvalue weighted by Crippen LogP contribution is 2.31. The first kappa shape index (κ1) is 13.8. The van der Waals surface area contributed by atoms with Gasteiger partial charge < -0.3 is 4.74 Å². The molecule has 1 saturated carbocycles. The van der Waals surface area contributed by atoms with Crippen LogP contribution < -0.4 is 4.74 Å². The lowest BCUT2D eigenvalue weighted by Crippen LogP contribution is -2.18. The molecule has 19 heavy (non-hydrogen) atoms. The lowest BCUT2D eigenvalue weighted by atomic mass is 9.79. The van der Waals surface area contributed by atoms with Crippen molar-refractivity contribution in [3.63, 3.8) is 0 Å². The maximum atomic E-state index is 8.33. The van der Waals surface area contributed by atoms with Gasteiger partial charge in [0.15, 0.2) is 0 Å². The summed E-state index contributed by atoms with van der Waals surface area (Å²) in [4.78, 5) is 2.85. The second-order valence-electron chi connectivity index (χ2n) is 5.35. The normalized spacial score (nSPS) is 22.6. The Morgan fingerprint density at radius 2 is 1.79 bits per heavy atom. The van der Waals surface area contributed by atoms with Crippen molar-refractivity contribution in [3.8, 4) is 5.75 Å². The van der Waals surface area contributed by atoms with Crippen LogP contribution in [0, 0.1) is 11.8 Å². The summed E-state index contributed by atoms with van der Waals surface area (Å²) in [5, 5.41) is 3.69. The minimum atomic E-state index is 0.600. The van der Waals surface area contributed by atoms with E-state index in [0.29, 0.717) is 12.5 Å². The average molecular weight is 259 g/mol. The van der Waals surface area contributed by atoms with Crippen LogP contribution in [0.3, 0.4) is 0 Å².